The predicted molar refractivity (Wildman–Crippen MR) is 103 cm³/mol. The number of rotatable bonds is 6. The van der Waals surface area contributed by atoms with Crippen LogP contribution in [0.4, 0.5) is 17.1 Å². The highest BCUT2D eigenvalue weighted by Crippen LogP contribution is 2.17. The highest BCUT2D eigenvalue weighted by molar-refractivity contribution is 7.92. The van der Waals surface area contributed by atoms with Crippen LogP contribution in [0.3, 0.4) is 0 Å². The fourth-order valence-corrected chi connectivity index (χ4v) is 2.91. The zero-order valence-corrected chi connectivity index (χ0v) is 15.4. The molecular formula is C17H15N5O5S. The van der Waals surface area contributed by atoms with Crippen molar-refractivity contribution in [3.8, 4) is 5.69 Å². The maximum absolute atomic E-state index is 12.3. The highest BCUT2D eigenvalue weighted by atomic mass is 32.2. The summed E-state index contributed by atoms with van der Waals surface area (Å²) in [5.74, 6) is -0.454. The average Bonchev–Trinajstić information content (AvgIpc) is 3.12. The SMILES string of the molecule is CS(=O)(=O)Nc1ccc(NC(=O)c2ccn(-c3ccc([N+](=O)[O-])cc3)n2)cc1. The summed E-state index contributed by atoms with van der Waals surface area (Å²) in [5.41, 5.74) is 1.53. The Bertz CT molecular complexity index is 1120. The van der Waals surface area contributed by atoms with Crippen LogP contribution in [-0.2, 0) is 10.0 Å². The molecule has 144 valence electrons. The smallest absolute Gasteiger partial charge is 0.276 e. The van der Waals surface area contributed by atoms with E-state index in [0.29, 0.717) is 17.1 Å². The van der Waals surface area contributed by atoms with Gasteiger partial charge in [-0.15, -0.1) is 0 Å². The maximum Gasteiger partial charge on any atom is 0.276 e. The third kappa shape index (κ3) is 4.71. The molecule has 0 bridgehead atoms. The van der Waals surface area contributed by atoms with Crippen molar-refractivity contribution in [3.05, 3.63) is 76.6 Å². The zero-order valence-electron chi connectivity index (χ0n) is 14.6. The van der Waals surface area contributed by atoms with Crippen molar-refractivity contribution in [2.75, 3.05) is 16.3 Å². The van der Waals surface area contributed by atoms with Crippen molar-refractivity contribution in [1.82, 2.24) is 9.78 Å². The van der Waals surface area contributed by atoms with E-state index < -0.39 is 20.9 Å². The molecule has 0 saturated carbocycles. The van der Waals surface area contributed by atoms with Gasteiger partial charge in [0.1, 0.15) is 0 Å². The molecule has 10 nitrogen and oxygen atoms in total. The molecule has 3 aromatic rings. The van der Waals surface area contributed by atoms with Gasteiger partial charge < -0.3 is 5.32 Å². The molecule has 28 heavy (non-hydrogen) atoms. The Balaban J connectivity index is 1.69. The third-order valence-corrected chi connectivity index (χ3v) is 4.20. The van der Waals surface area contributed by atoms with E-state index in [4.69, 9.17) is 0 Å². The normalized spacial score (nSPS) is 11.0. The van der Waals surface area contributed by atoms with Gasteiger partial charge >= 0.3 is 0 Å². The summed E-state index contributed by atoms with van der Waals surface area (Å²) in [4.78, 5) is 22.5. The summed E-state index contributed by atoms with van der Waals surface area (Å²) in [5, 5.41) is 17.5. The molecule has 11 heteroatoms. The molecule has 0 aliphatic carbocycles. The van der Waals surface area contributed by atoms with E-state index in [0.717, 1.165) is 6.26 Å². The minimum atomic E-state index is -3.37. The van der Waals surface area contributed by atoms with Crippen molar-refractivity contribution in [3.63, 3.8) is 0 Å². The predicted octanol–water partition coefficient (Wildman–Crippen LogP) is 2.40. The molecule has 1 aromatic heterocycles. The van der Waals surface area contributed by atoms with Gasteiger partial charge in [-0.2, -0.15) is 5.10 Å². The minimum absolute atomic E-state index is 0.0392. The second-order valence-corrected chi connectivity index (χ2v) is 7.57. The molecule has 3 rings (SSSR count). The summed E-state index contributed by atoms with van der Waals surface area (Å²) in [6.45, 7) is 0. The van der Waals surface area contributed by atoms with Crippen LogP contribution in [0.2, 0.25) is 0 Å². The number of carbonyl (C=O) groups is 1. The molecule has 2 N–H and O–H groups in total. The second kappa shape index (κ2) is 7.48. The number of hydrogen-bond donors (Lipinski definition) is 2. The van der Waals surface area contributed by atoms with Crippen molar-refractivity contribution in [2.24, 2.45) is 0 Å². The number of hydrogen-bond acceptors (Lipinski definition) is 6. The lowest BCUT2D eigenvalue weighted by Crippen LogP contribution is -2.13. The van der Waals surface area contributed by atoms with Crippen LogP contribution in [0, 0.1) is 10.1 Å². The standard InChI is InChI=1S/C17H15N5O5S/c1-28(26,27)20-13-4-2-12(3-5-13)18-17(23)16-10-11-21(19-16)14-6-8-15(9-7-14)22(24)25/h2-11,20H,1H3,(H,18,23). The number of sulfonamides is 1. The molecule has 0 atom stereocenters. The van der Waals surface area contributed by atoms with Gasteiger partial charge in [0.05, 0.1) is 16.9 Å². The molecule has 0 radical (unpaired) electrons. The summed E-state index contributed by atoms with van der Waals surface area (Å²) < 4.78 is 26.1. The Labute approximate surface area is 160 Å². The zero-order chi connectivity index (χ0) is 20.3. The number of nitro benzene ring substituents is 1. The van der Waals surface area contributed by atoms with Crippen LogP contribution < -0.4 is 10.0 Å². The molecule has 0 aliphatic rings. The van der Waals surface area contributed by atoms with Gasteiger partial charge in [0.2, 0.25) is 10.0 Å². The number of nitrogens with one attached hydrogen (secondary N) is 2. The lowest BCUT2D eigenvalue weighted by molar-refractivity contribution is -0.384. The Kier molecular flexibility index (Phi) is 5.09. The summed E-state index contributed by atoms with van der Waals surface area (Å²) in [6, 6.07) is 13.4. The molecule has 0 spiro atoms. The third-order valence-electron chi connectivity index (χ3n) is 3.59. The summed E-state index contributed by atoms with van der Waals surface area (Å²) in [6.07, 6.45) is 2.61. The van der Waals surface area contributed by atoms with E-state index in [-0.39, 0.29) is 11.4 Å². The van der Waals surface area contributed by atoms with Gasteiger partial charge in [0, 0.05) is 29.7 Å². The second-order valence-electron chi connectivity index (χ2n) is 5.82. The number of nitrogens with zero attached hydrogens (tertiary/aromatic N) is 3. The Morgan fingerprint density at radius 1 is 1.04 bits per heavy atom. The van der Waals surface area contributed by atoms with E-state index in [2.05, 4.69) is 15.1 Å². The molecule has 0 unspecified atom stereocenters. The van der Waals surface area contributed by atoms with Crippen molar-refractivity contribution < 1.29 is 18.1 Å². The Morgan fingerprint density at radius 2 is 1.64 bits per heavy atom. The molecule has 0 saturated heterocycles. The maximum atomic E-state index is 12.3. The number of carbonyl (C=O) groups excluding carboxylic acids is 1. The van der Waals surface area contributed by atoms with Crippen LogP contribution in [-0.4, -0.2) is 35.3 Å². The molecule has 0 fully saturated rings. The number of anilines is 2. The van der Waals surface area contributed by atoms with Gasteiger partial charge in [-0.1, -0.05) is 0 Å². The first-order valence-corrected chi connectivity index (χ1v) is 9.80. The molecule has 0 aliphatic heterocycles. The highest BCUT2D eigenvalue weighted by Gasteiger charge is 2.12. The number of amides is 1. The van der Waals surface area contributed by atoms with E-state index in [1.807, 2.05) is 0 Å². The van der Waals surface area contributed by atoms with Gasteiger partial charge in [-0.25, -0.2) is 13.1 Å². The summed E-state index contributed by atoms with van der Waals surface area (Å²) in [7, 11) is -3.37. The quantitative estimate of drug-likeness (QED) is 0.481. The number of benzene rings is 2. The lowest BCUT2D eigenvalue weighted by atomic mass is 10.3. The molecular weight excluding hydrogens is 386 g/mol. The first kappa shape index (κ1) is 19.0. The summed E-state index contributed by atoms with van der Waals surface area (Å²) >= 11 is 0. The number of nitro groups is 1. The van der Waals surface area contributed by atoms with Crippen LogP contribution >= 0.6 is 0 Å². The Hall–Kier alpha value is -3.73. The van der Waals surface area contributed by atoms with Gasteiger partial charge in [-0.3, -0.25) is 19.6 Å². The number of non-ortho nitro benzene ring substituents is 1. The van der Waals surface area contributed by atoms with Crippen LogP contribution in [0.25, 0.3) is 5.69 Å². The first-order chi connectivity index (χ1) is 13.2. The lowest BCUT2D eigenvalue weighted by Gasteiger charge is -2.06. The van der Waals surface area contributed by atoms with E-state index >= 15 is 0 Å². The van der Waals surface area contributed by atoms with E-state index in [9.17, 15) is 23.3 Å². The van der Waals surface area contributed by atoms with Crippen LogP contribution in [0.5, 0.6) is 0 Å². The number of aromatic nitrogens is 2. The molecule has 2 aromatic carbocycles. The van der Waals surface area contributed by atoms with Crippen LogP contribution in [0.15, 0.2) is 60.8 Å². The minimum Gasteiger partial charge on any atom is -0.321 e. The van der Waals surface area contributed by atoms with Crippen molar-refractivity contribution >= 4 is 33.0 Å². The fourth-order valence-electron chi connectivity index (χ4n) is 2.35. The monoisotopic (exact) mass is 401 g/mol. The van der Waals surface area contributed by atoms with Gasteiger partial charge in [-0.05, 0) is 42.5 Å². The fraction of sp³-hybridized carbons (Fsp3) is 0.0588. The van der Waals surface area contributed by atoms with Crippen molar-refractivity contribution in [1.29, 1.82) is 0 Å². The van der Waals surface area contributed by atoms with E-state index in [1.165, 1.54) is 47.1 Å². The van der Waals surface area contributed by atoms with Crippen LogP contribution in [0.1, 0.15) is 10.5 Å². The largest absolute Gasteiger partial charge is 0.321 e. The van der Waals surface area contributed by atoms with Crippen molar-refractivity contribution in [2.45, 2.75) is 0 Å². The average molecular weight is 401 g/mol. The molecule has 1 amide bonds. The van der Waals surface area contributed by atoms with Gasteiger partial charge in [0.15, 0.2) is 5.69 Å². The Morgan fingerprint density at radius 3 is 2.21 bits per heavy atom. The first-order valence-electron chi connectivity index (χ1n) is 7.91. The van der Waals surface area contributed by atoms with E-state index in [1.54, 1.807) is 18.3 Å². The molecule has 1 heterocycles. The van der Waals surface area contributed by atoms with Gasteiger partial charge in [0.25, 0.3) is 11.6 Å². The topological polar surface area (TPSA) is 136 Å².